The summed E-state index contributed by atoms with van der Waals surface area (Å²) < 4.78 is 12.9. The monoisotopic (exact) mass is 428 g/mol. The summed E-state index contributed by atoms with van der Waals surface area (Å²) in [5.41, 5.74) is 4.51. The number of rotatable bonds is 3. The quantitative estimate of drug-likeness (QED) is 0.688. The second-order valence-corrected chi connectivity index (χ2v) is 8.05. The highest BCUT2D eigenvalue weighted by Gasteiger charge is 2.33. The molecule has 3 aromatic rings. The Morgan fingerprint density at radius 3 is 2.83 bits per heavy atom. The fourth-order valence-electron chi connectivity index (χ4n) is 3.97. The number of aromatic nitrogens is 3. The molecular weight excluding hydrogens is 408 g/mol. The summed E-state index contributed by atoms with van der Waals surface area (Å²) >= 11 is 6.31. The maximum Gasteiger partial charge on any atom is 0.258 e. The number of carbonyl (C=O) groups excluding carboxylic acids is 1. The van der Waals surface area contributed by atoms with Gasteiger partial charge in [-0.05, 0) is 26.0 Å². The minimum absolute atomic E-state index is 0.155. The number of benzene rings is 1. The molecule has 5 rings (SSSR count). The van der Waals surface area contributed by atoms with Gasteiger partial charge in [-0.3, -0.25) is 4.79 Å². The van der Waals surface area contributed by atoms with E-state index in [2.05, 4.69) is 10.1 Å². The summed E-state index contributed by atoms with van der Waals surface area (Å²) in [6.07, 6.45) is -1.19. The van der Waals surface area contributed by atoms with Crippen LogP contribution in [0.5, 0.6) is 5.75 Å². The van der Waals surface area contributed by atoms with Crippen molar-refractivity contribution < 1.29 is 19.4 Å². The summed E-state index contributed by atoms with van der Waals surface area (Å²) in [4.78, 5) is 19.6. The van der Waals surface area contributed by atoms with E-state index in [1.807, 2.05) is 13.8 Å². The number of nitrogens with zero attached hydrogens (tertiary/aromatic N) is 4. The van der Waals surface area contributed by atoms with Crippen molar-refractivity contribution in [1.29, 1.82) is 0 Å². The van der Waals surface area contributed by atoms with Crippen molar-refractivity contribution in [2.45, 2.75) is 39.1 Å². The van der Waals surface area contributed by atoms with Gasteiger partial charge in [-0.25, -0.2) is 9.50 Å². The third-order valence-corrected chi connectivity index (χ3v) is 6.19. The van der Waals surface area contributed by atoms with Gasteiger partial charge in [0.2, 0.25) is 0 Å². The van der Waals surface area contributed by atoms with Crippen LogP contribution in [0.2, 0.25) is 5.02 Å². The first-order chi connectivity index (χ1) is 14.4. The highest BCUT2D eigenvalue weighted by Crippen LogP contribution is 2.31. The third-order valence-electron chi connectivity index (χ3n) is 5.64. The summed E-state index contributed by atoms with van der Waals surface area (Å²) in [6.45, 7) is 5.10. The fourth-order valence-corrected chi connectivity index (χ4v) is 4.09. The van der Waals surface area contributed by atoms with E-state index in [1.54, 1.807) is 33.7 Å². The van der Waals surface area contributed by atoms with Crippen LogP contribution in [0, 0.1) is 13.8 Å². The van der Waals surface area contributed by atoms with Crippen LogP contribution in [0.1, 0.15) is 33.0 Å². The second kappa shape index (κ2) is 7.23. The van der Waals surface area contributed by atoms with Crippen molar-refractivity contribution in [2.24, 2.45) is 0 Å². The van der Waals surface area contributed by atoms with Crippen LogP contribution in [0.3, 0.4) is 0 Å². The van der Waals surface area contributed by atoms with E-state index in [0.29, 0.717) is 36.0 Å². The first-order valence-electron chi connectivity index (χ1n) is 9.78. The van der Waals surface area contributed by atoms with E-state index in [0.717, 1.165) is 28.3 Å². The standard InChI is InChI=1S/C21H21ClN4O4/c1-11-19(22)12(2)26-20(23-11)14-7-25(8-15(14)24-26)21(28)13-5-3-4-6-17(13)30-18-10-29-9-16(18)27/h3-6,16,18,27H,7-10H2,1-2H3. The largest absolute Gasteiger partial charge is 0.484 e. The molecule has 9 heteroatoms. The van der Waals surface area contributed by atoms with Gasteiger partial charge in [-0.1, -0.05) is 23.7 Å². The van der Waals surface area contributed by atoms with Crippen molar-refractivity contribution in [1.82, 2.24) is 19.5 Å². The lowest BCUT2D eigenvalue weighted by atomic mass is 10.1. The molecule has 0 aliphatic carbocycles. The molecule has 1 aromatic carbocycles. The van der Waals surface area contributed by atoms with Crippen molar-refractivity contribution in [2.75, 3.05) is 13.2 Å². The van der Waals surface area contributed by atoms with Gasteiger partial charge in [-0.15, -0.1) is 0 Å². The number of fused-ring (bicyclic) bond motifs is 3. The van der Waals surface area contributed by atoms with Gasteiger partial charge >= 0.3 is 0 Å². The molecule has 0 radical (unpaired) electrons. The van der Waals surface area contributed by atoms with Gasteiger partial charge in [0, 0.05) is 5.56 Å². The average Bonchev–Trinajstić information content (AvgIpc) is 3.42. The van der Waals surface area contributed by atoms with Gasteiger partial charge in [0.15, 0.2) is 5.65 Å². The number of ether oxygens (including phenoxy) is 2. The smallest absolute Gasteiger partial charge is 0.258 e. The van der Waals surface area contributed by atoms with Crippen molar-refractivity contribution in [3.8, 4) is 5.75 Å². The maximum atomic E-state index is 13.3. The predicted octanol–water partition coefficient (Wildman–Crippen LogP) is 2.29. The van der Waals surface area contributed by atoms with E-state index in [9.17, 15) is 9.90 Å². The zero-order valence-electron chi connectivity index (χ0n) is 16.6. The topological polar surface area (TPSA) is 89.2 Å². The molecule has 0 bridgehead atoms. The number of halogens is 1. The fraction of sp³-hybridized carbons (Fsp3) is 0.381. The molecule has 8 nitrogen and oxygen atoms in total. The summed E-state index contributed by atoms with van der Waals surface area (Å²) in [6, 6.07) is 7.07. The Morgan fingerprint density at radius 1 is 1.27 bits per heavy atom. The Bertz CT molecular complexity index is 1160. The summed E-state index contributed by atoms with van der Waals surface area (Å²) in [5.74, 6) is 0.282. The molecule has 1 amide bonds. The molecule has 156 valence electrons. The molecule has 0 spiro atoms. The highest BCUT2D eigenvalue weighted by atomic mass is 35.5. The zero-order valence-corrected chi connectivity index (χ0v) is 17.4. The Balaban J connectivity index is 1.42. The van der Waals surface area contributed by atoms with Crippen molar-refractivity contribution in [3.05, 3.63) is 57.5 Å². The molecule has 2 unspecified atom stereocenters. The lowest BCUT2D eigenvalue weighted by molar-refractivity contribution is 0.0667. The van der Waals surface area contributed by atoms with Gasteiger partial charge < -0.3 is 19.5 Å². The Kier molecular flexibility index (Phi) is 4.65. The Morgan fingerprint density at radius 2 is 2.07 bits per heavy atom. The predicted molar refractivity (Wildman–Crippen MR) is 109 cm³/mol. The van der Waals surface area contributed by atoms with E-state index < -0.39 is 12.2 Å². The van der Waals surface area contributed by atoms with Crippen LogP contribution in [0.4, 0.5) is 0 Å². The van der Waals surface area contributed by atoms with Gasteiger partial charge in [-0.2, -0.15) is 5.10 Å². The number of amides is 1. The van der Waals surface area contributed by atoms with Gasteiger partial charge in [0.1, 0.15) is 18.0 Å². The van der Waals surface area contributed by atoms with Crippen LogP contribution in [-0.4, -0.2) is 55.9 Å². The number of carbonyl (C=O) groups is 1. The number of aryl methyl sites for hydroxylation is 2. The van der Waals surface area contributed by atoms with Gasteiger partial charge in [0.05, 0.1) is 54.0 Å². The highest BCUT2D eigenvalue weighted by molar-refractivity contribution is 6.31. The van der Waals surface area contributed by atoms with E-state index in [4.69, 9.17) is 21.1 Å². The van der Waals surface area contributed by atoms with Crippen LogP contribution >= 0.6 is 11.6 Å². The zero-order chi connectivity index (χ0) is 21.0. The number of hydrogen-bond acceptors (Lipinski definition) is 6. The minimum Gasteiger partial charge on any atom is -0.484 e. The first-order valence-corrected chi connectivity index (χ1v) is 10.2. The first kappa shape index (κ1) is 19.3. The molecular formula is C21H21ClN4O4. The number of para-hydroxylation sites is 1. The molecule has 2 aromatic heterocycles. The third kappa shape index (κ3) is 3.03. The van der Waals surface area contributed by atoms with E-state index in [-0.39, 0.29) is 12.5 Å². The Labute approximate surface area is 178 Å². The second-order valence-electron chi connectivity index (χ2n) is 7.68. The lowest BCUT2D eigenvalue weighted by Gasteiger charge is -2.21. The molecule has 2 atom stereocenters. The molecule has 2 aliphatic heterocycles. The minimum atomic E-state index is -0.706. The molecule has 30 heavy (non-hydrogen) atoms. The average molecular weight is 429 g/mol. The van der Waals surface area contributed by atoms with Crippen molar-refractivity contribution >= 4 is 23.2 Å². The lowest BCUT2D eigenvalue weighted by Crippen LogP contribution is -2.31. The maximum absolute atomic E-state index is 13.3. The molecule has 1 fully saturated rings. The summed E-state index contributed by atoms with van der Waals surface area (Å²) in [7, 11) is 0. The molecule has 4 heterocycles. The van der Waals surface area contributed by atoms with Crippen LogP contribution < -0.4 is 4.74 Å². The van der Waals surface area contributed by atoms with Crippen LogP contribution in [-0.2, 0) is 17.8 Å². The molecule has 0 saturated carbocycles. The normalized spacial score (nSPS) is 20.7. The number of aliphatic hydroxyl groups is 1. The van der Waals surface area contributed by atoms with E-state index in [1.165, 1.54) is 0 Å². The number of hydrogen-bond donors (Lipinski definition) is 1. The van der Waals surface area contributed by atoms with Crippen LogP contribution in [0.15, 0.2) is 24.3 Å². The Hall–Kier alpha value is -2.68. The van der Waals surface area contributed by atoms with Gasteiger partial charge in [0.25, 0.3) is 5.91 Å². The molecule has 1 N–H and O–H groups in total. The van der Waals surface area contributed by atoms with E-state index >= 15 is 0 Å². The molecule has 2 aliphatic rings. The SMILES string of the molecule is Cc1nc2c3c(nn2c(C)c1Cl)CN(C(=O)c1ccccc1OC1COCC1O)C3. The summed E-state index contributed by atoms with van der Waals surface area (Å²) in [5, 5.41) is 15.2. The van der Waals surface area contributed by atoms with Crippen LogP contribution in [0.25, 0.3) is 5.65 Å². The number of aliphatic hydroxyl groups excluding tert-OH is 1. The molecule has 1 saturated heterocycles. The van der Waals surface area contributed by atoms with Crippen molar-refractivity contribution in [3.63, 3.8) is 0 Å².